The van der Waals surface area contributed by atoms with Crippen LogP contribution < -0.4 is 16.6 Å². The van der Waals surface area contributed by atoms with E-state index in [0.717, 1.165) is 32.1 Å². The van der Waals surface area contributed by atoms with Gasteiger partial charge < -0.3 is 10.1 Å². The standard InChI is InChI=1S/C12H23NO2.CH6N2/c1-12(2,3)10-13-11(15)8-6-4-5-7-9-14;1-3-2/h9H,4-8,10H2,1-3H3,(H,13,15);3H,2H2,1H3. The molecule has 0 heterocycles. The molecule has 0 saturated heterocycles. The maximum Gasteiger partial charge on any atom is 0.220 e. The fourth-order valence-electron chi connectivity index (χ4n) is 1.14. The summed E-state index contributed by atoms with van der Waals surface area (Å²) in [4.78, 5) is 21.4. The van der Waals surface area contributed by atoms with Crippen molar-refractivity contribution in [2.45, 2.75) is 52.9 Å². The molecule has 4 N–H and O–H groups in total. The number of rotatable bonds is 7. The Morgan fingerprint density at radius 1 is 1.22 bits per heavy atom. The number of unbranched alkanes of at least 4 members (excludes halogenated alkanes) is 3. The van der Waals surface area contributed by atoms with Gasteiger partial charge in [0.2, 0.25) is 5.91 Å². The van der Waals surface area contributed by atoms with Crippen molar-refractivity contribution in [2.75, 3.05) is 13.6 Å². The van der Waals surface area contributed by atoms with Crippen LogP contribution in [0.4, 0.5) is 0 Å². The highest BCUT2D eigenvalue weighted by atomic mass is 16.1. The van der Waals surface area contributed by atoms with Gasteiger partial charge in [-0.05, 0) is 25.3 Å². The highest BCUT2D eigenvalue weighted by Crippen LogP contribution is 2.10. The van der Waals surface area contributed by atoms with Crippen LogP contribution in [0.2, 0.25) is 0 Å². The molecule has 0 rings (SSSR count). The summed E-state index contributed by atoms with van der Waals surface area (Å²) in [7, 11) is 1.65. The van der Waals surface area contributed by atoms with Gasteiger partial charge in [0.05, 0.1) is 0 Å². The summed E-state index contributed by atoms with van der Waals surface area (Å²) >= 11 is 0. The zero-order valence-electron chi connectivity index (χ0n) is 12.2. The number of nitrogens with one attached hydrogen (secondary N) is 2. The normalized spacial score (nSPS) is 10.3. The van der Waals surface area contributed by atoms with E-state index in [0.29, 0.717) is 12.8 Å². The van der Waals surface area contributed by atoms with E-state index in [2.05, 4.69) is 37.4 Å². The first-order valence-corrected chi connectivity index (χ1v) is 6.45. The van der Waals surface area contributed by atoms with Gasteiger partial charge in [0, 0.05) is 19.4 Å². The monoisotopic (exact) mass is 259 g/mol. The number of nitrogens with two attached hydrogens (primary N) is 1. The Balaban J connectivity index is 0. The van der Waals surface area contributed by atoms with Gasteiger partial charge in [0.25, 0.3) is 0 Å². The minimum absolute atomic E-state index is 0.121. The molecule has 0 aromatic carbocycles. The van der Waals surface area contributed by atoms with Crippen LogP contribution in [-0.2, 0) is 9.59 Å². The lowest BCUT2D eigenvalue weighted by Crippen LogP contribution is -2.31. The molecule has 1 amide bonds. The van der Waals surface area contributed by atoms with Gasteiger partial charge in [-0.3, -0.25) is 16.1 Å². The summed E-state index contributed by atoms with van der Waals surface area (Å²) in [5.41, 5.74) is 2.40. The Bertz CT molecular complexity index is 213. The van der Waals surface area contributed by atoms with Gasteiger partial charge in [-0.25, -0.2) is 0 Å². The van der Waals surface area contributed by atoms with Crippen LogP contribution in [0.1, 0.15) is 52.9 Å². The molecule has 0 aromatic rings. The molecule has 0 aromatic heterocycles. The summed E-state index contributed by atoms with van der Waals surface area (Å²) in [5.74, 6) is 4.72. The summed E-state index contributed by atoms with van der Waals surface area (Å²) in [6.45, 7) is 7.01. The van der Waals surface area contributed by atoms with E-state index in [4.69, 9.17) is 0 Å². The summed E-state index contributed by atoms with van der Waals surface area (Å²) in [6.07, 6.45) is 4.86. The van der Waals surface area contributed by atoms with Crippen molar-refractivity contribution in [3.8, 4) is 0 Å². The number of aldehydes is 1. The first kappa shape index (κ1) is 19.4. The van der Waals surface area contributed by atoms with E-state index in [9.17, 15) is 9.59 Å². The van der Waals surface area contributed by atoms with Crippen molar-refractivity contribution >= 4 is 12.2 Å². The predicted octanol–water partition coefficient (Wildman–Crippen LogP) is 1.38. The maximum atomic E-state index is 11.3. The smallest absolute Gasteiger partial charge is 0.220 e. The topological polar surface area (TPSA) is 84.2 Å². The lowest BCUT2D eigenvalue weighted by molar-refractivity contribution is -0.121. The van der Waals surface area contributed by atoms with Crippen LogP contribution in [0.3, 0.4) is 0 Å². The maximum absolute atomic E-state index is 11.3. The van der Waals surface area contributed by atoms with Crippen LogP contribution in [-0.4, -0.2) is 25.8 Å². The average molecular weight is 259 g/mol. The second-order valence-electron chi connectivity index (χ2n) is 5.39. The van der Waals surface area contributed by atoms with Crippen molar-refractivity contribution in [2.24, 2.45) is 11.3 Å². The third kappa shape index (κ3) is 20.5. The molecular weight excluding hydrogens is 230 g/mol. The van der Waals surface area contributed by atoms with E-state index in [-0.39, 0.29) is 11.3 Å². The Labute approximate surface area is 111 Å². The number of carbonyl (C=O) groups excluding carboxylic acids is 2. The van der Waals surface area contributed by atoms with Crippen LogP contribution in [0.5, 0.6) is 0 Å². The van der Waals surface area contributed by atoms with E-state index < -0.39 is 0 Å². The van der Waals surface area contributed by atoms with Gasteiger partial charge in [-0.2, -0.15) is 0 Å². The highest BCUT2D eigenvalue weighted by molar-refractivity contribution is 5.75. The number of hydrogen-bond donors (Lipinski definition) is 3. The fraction of sp³-hybridized carbons (Fsp3) is 0.846. The van der Waals surface area contributed by atoms with Crippen LogP contribution in [0.25, 0.3) is 0 Å². The van der Waals surface area contributed by atoms with Crippen LogP contribution in [0, 0.1) is 5.41 Å². The second kappa shape index (κ2) is 12.5. The Hall–Kier alpha value is -0.940. The zero-order valence-corrected chi connectivity index (χ0v) is 12.2. The van der Waals surface area contributed by atoms with E-state index >= 15 is 0 Å². The quantitative estimate of drug-likeness (QED) is 0.279. The molecule has 0 unspecified atom stereocenters. The predicted molar refractivity (Wildman–Crippen MR) is 74.9 cm³/mol. The van der Waals surface area contributed by atoms with Crippen molar-refractivity contribution in [1.29, 1.82) is 0 Å². The van der Waals surface area contributed by atoms with Crippen LogP contribution in [0.15, 0.2) is 0 Å². The highest BCUT2D eigenvalue weighted by Gasteiger charge is 2.11. The molecule has 0 atom stereocenters. The third-order valence-corrected chi connectivity index (χ3v) is 2.04. The van der Waals surface area contributed by atoms with Gasteiger partial charge in [-0.1, -0.05) is 27.2 Å². The molecule has 18 heavy (non-hydrogen) atoms. The summed E-state index contributed by atoms with van der Waals surface area (Å²) in [5, 5.41) is 2.91. The molecule has 0 saturated carbocycles. The van der Waals surface area contributed by atoms with Crippen LogP contribution >= 0.6 is 0 Å². The van der Waals surface area contributed by atoms with Crippen molar-refractivity contribution in [1.82, 2.24) is 10.7 Å². The average Bonchev–Trinajstić information content (AvgIpc) is 2.26. The first-order chi connectivity index (χ1) is 8.37. The number of amides is 1. The second-order valence-corrected chi connectivity index (χ2v) is 5.39. The number of carbonyl (C=O) groups is 2. The Kier molecular flexibility index (Phi) is 13.5. The van der Waals surface area contributed by atoms with Crippen molar-refractivity contribution in [3.05, 3.63) is 0 Å². The van der Waals surface area contributed by atoms with Crippen molar-refractivity contribution < 1.29 is 9.59 Å². The SMILES string of the molecule is CC(C)(C)CNC(=O)CCCCCC=O.CNN. The number of hydrazine groups is 1. The summed E-state index contributed by atoms with van der Waals surface area (Å²) < 4.78 is 0. The molecule has 0 aliphatic heterocycles. The molecule has 0 spiro atoms. The molecule has 0 radical (unpaired) electrons. The van der Waals surface area contributed by atoms with Gasteiger partial charge in [0.15, 0.2) is 0 Å². The van der Waals surface area contributed by atoms with Gasteiger partial charge in [-0.15, -0.1) is 0 Å². The molecular formula is C13H29N3O2. The minimum atomic E-state index is 0.121. The minimum Gasteiger partial charge on any atom is -0.356 e. The van der Waals surface area contributed by atoms with Gasteiger partial charge in [0.1, 0.15) is 6.29 Å². The van der Waals surface area contributed by atoms with Crippen molar-refractivity contribution in [3.63, 3.8) is 0 Å². The van der Waals surface area contributed by atoms with E-state index in [1.54, 1.807) is 7.05 Å². The molecule has 0 fully saturated rings. The molecule has 0 bridgehead atoms. The molecule has 5 heteroatoms. The number of hydrogen-bond acceptors (Lipinski definition) is 4. The molecule has 0 aliphatic rings. The van der Waals surface area contributed by atoms with E-state index in [1.807, 2.05) is 0 Å². The lowest BCUT2D eigenvalue weighted by Gasteiger charge is -2.18. The third-order valence-electron chi connectivity index (χ3n) is 2.04. The molecule has 0 aliphatic carbocycles. The summed E-state index contributed by atoms with van der Waals surface area (Å²) in [6, 6.07) is 0. The van der Waals surface area contributed by atoms with Gasteiger partial charge >= 0.3 is 0 Å². The lowest BCUT2D eigenvalue weighted by atomic mass is 9.97. The zero-order chi connectivity index (χ0) is 14.4. The van der Waals surface area contributed by atoms with E-state index in [1.165, 1.54) is 0 Å². The fourth-order valence-corrected chi connectivity index (χ4v) is 1.14. The largest absolute Gasteiger partial charge is 0.356 e. The first-order valence-electron chi connectivity index (χ1n) is 6.45. The molecule has 5 nitrogen and oxygen atoms in total. The Morgan fingerprint density at radius 3 is 2.22 bits per heavy atom. The Morgan fingerprint density at radius 2 is 1.78 bits per heavy atom. The molecule has 108 valence electrons.